The summed E-state index contributed by atoms with van der Waals surface area (Å²) < 4.78 is 50.9. The average Bonchev–Trinajstić information content (AvgIpc) is 3.56. The minimum atomic E-state index is -4.48. The van der Waals surface area contributed by atoms with E-state index in [2.05, 4.69) is 25.4 Å². The van der Waals surface area contributed by atoms with Crippen molar-refractivity contribution in [3.05, 3.63) is 65.4 Å². The van der Waals surface area contributed by atoms with Crippen molar-refractivity contribution in [2.45, 2.75) is 51.5 Å². The molecule has 0 aliphatic carbocycles. The lowest BCUT2D eigenvalue weighted by Crippen LogP contribution is -2.31. The van der Waals surface area contributed by atoms with Gasteiger partial charge in [0.2, 0.25) is 11.9 Å². The van der Waals surface area contributed by atoms with Gasteiger partial charge in [-0.2, -0.15) is 13.2 Å². The van der Waals surface area contributed by atoms with E-state index in [4.69, 9.17) is 9.72 Å². The van der Waals surface area contributed by atoms with Gasteiger partial charge < -0.3 is 24.8 Å². The Morgan fingerprint density at radius 3 is 2.72 bits per heavy atom. The van der Waals surface area contributed by atoms with E-state index in [0.29, 0.717) is 41.5 Å². The van der Waals surface area contributed by atoms with Crippen molar-refractivity contribution in [3.8, 4) is 11.5 Å². The summed E-state index contributed by atoms with van der Waals surface area (Å²) >= 11 is 0. The third-order valence-electron chi connectivity index (χ3n) is 8.09. The lowest BCUT2D eigenvalue weighted by atomic mass is 10.0. The number of hydrogen-bond donors (Lipinski definition) is 2. The standard InChI is InChI=1S/C31H34F3N7O2/c1-19(42)36-28-16-23(10-12-35-28)43-27-9-8-26-29-24(27)5-4-13-41(29)30(38-26)37-21-7-6-20(25(15-21)31(32,33)34)17-40-14-11-22(18-40)39(2)3/h6-10,12,15-16,22H,4-5,11,13-14,17-18H2,1-3H3,(H,37,38)(H,35,36,42). The summed E-state index contributed by atoms with van der Waals surface area (Å²) in [5.74, 6) is 1.82. The molecule has 2 aliphatic heterocycles. The van der Waals surface area contributed by atoms with Gasteiger partial charge in [0.1, 0.15) is 17.3 Å². The highest BCUT2D eigenvalue weighted by Gasteiger charge is 2.35. The highest BCUT2D eigenvalue weighted by molar-refractivity contribution is 5.88. The van der Waals surface area contributed by atoms with Gasteiger partial charge in [-0.3, -0.25) is 9.69 Å². The Morgan fingerprint density at radius 1 is 1.14 bits per heavy atom. The van der Waals surface area contributed by atoms with E-state index < -0.39 is 11.7 Å². The minimum absolute atomic E-state index is 0.230. The lowest BCUT2D eigenvalue weighted by molar-refractivity contribution is -0.138. The number of aryl methyl sites for hydroxylation is 2. The molecule has 43 heavy (non-hydrogen) atoms. The molecule has 226 valence electrons. The number of aromatic nitrogens is 3. The second-order valence-electron chi connectivity index (χ2n) is 11.4. The summed E-state index contributed by atoms with van der Waals surface area (Å²) in [5, 5.41) is 5.82. The van der Waals surface area contributed by atoms with Gasteiger partial charge in [-0.05, 0) is 69.3 Å². The number of nitrogens with zero attached hydrogens (tertiary/aromatic N) is 5. The highest BCUT2D eigenvalue weighted by Crippen LogP contribution is 2.39. The summed E-state index contributed by atoms with van der Waals surface area (Å²) in [6.45, 7) is 3.86. The number of amides is 1. The molecule has 1 saturated heterocycles. The number of rotatable bonds is 8. The molecule has 1 unspecified atom stereocenters. The Balaban J connectivity index is 1.27. The summed E-state index contributed by atoms with van der Waals surface area (Å²) in [6, 6.07) is 11.9. The Bertz CT molecular complexity index is 1670. The van der Waals surface area contributed by atoms with Crippen LogP contribution in [-0.2, 0) is 30.5 Å². The van der Waals surface area contributed by atoms with Crippen LogP contribution in [0.1, 0.15) is 36.5 Å². The molecule has 1 amide bonds. The summed E-state index contributed by atoms with van der Waals surface area (Å²) in [4.78, 5) is 24.5. The largest absolute Gasteiger partial charge is 0.457 e. The number of alkyl halides is 3. The van der Waals surface area contributed by atoms with Crippen molar-refractivity contribution in [1.29, 1.82) is 0 Å². The highest BCUT2D eigenvalue weighted by atomic mass is 19.4. The number of carbonyl (C=O) groups excluding carboxylic acids is 1. The average molecular weight is 594 g/mol. The molecule has 0 radical (unpaired) electrons. The van der Waals surface area contributed by atoms with Crippen molar-refractivity contribution < 1.29 is 22.7 Å². The number of imidazole rings is 1. The first kappa shape index (κ1) is 28.9. The summed E-state index contributed by atoms with van der Waals surface area (Å²) in [5.41, 5.74) is 2.56. The molecule has 0 spiro atoms. The van der Waals surface area contributed by atoms with Gasteiger partial charge in [0.15, 0.2) is 0 Å². The van der Waals surface area contributed by atoms with Crippen molar-refractivity contribution in [2.75, 3.05) is 37.8 Å². The first-order valence-corrected chi connectivity index (χ1v) is 14.3. The zero-order valence-electron chi connectivity index (χ0n) is 24.3. The third-order valence-corrected chi connectivity index (χ3v) is 8.09. The molecule has 0 bridgehead atoms. The molecule has 2 aromatic heterocycles. The van der Waals surface area contributed by atoms with Crippen LogP contribution in [0, 0.1) is 0 Å². The Morgan fingerprint density at radius 2 is 1.98 bits per heavy atom. The molecule has 4 heterocycles. The van der Waals surface area contributed by atoms with Crippen molar-refractivity contribution in [3.63, 3.8) is 0 Å². The van der Waals surface area contributed by atoms with Gasteiger partial charge in [-0.25, -0.2) is 9.97 Å². The molecule has 1 atom stereocenters. The number of pyridine rings is 1. The number of carbonyl (C=O) groups is 1. The predicted molar refractivity (Wildman–Crippen MR) is 159 cm³/mol. The van der Waals surface area contributed by atoms with Crippen LogP contribution in [0.3, 0.4) is 0 Å². The molecule has 2 aromatic carbocycles. The molecule has 0 saturated carbocycles. The van der Waals surface area contributed by atoms with E-state index in [0.717, 1.165) is 48.9 Å². The number of likely N-dealkylation sites (tertiary alicyclic amines) is 1. The predicted octanol–water partition coefficient (Wildman–Crippen LogP) is 6.03. The zero-order chi connectivity index (χ0) is 30.3. The fourth-order valence-corrected chi connectivity index (χ4v) is 6.00. The molecule has 6 rings (SSSR count). The summed E-state index contributed by atoms with van der Waals surface area (Å²) in [7, 11) is 4.01. The Kier molecular flexibility index (Phi) is 7.74. The van der Waals surface area contributed by atoms with Crippen LogP contribution in [0.5, 0.6) is 11.5 Å². The molecule has 9 nitrogen and oxygen atoms in total. The van der Waals surface area contributed by atoms with Crippen molar-refractivity contribution >= 4 is 34.4 Å². The number of hydrogen-bond acceptors (Lipinski definition) is 7. The van der Waals surface area contributed by atoms with E-state index in [1.165, 1.54) is 13.0 Å². The van der Waals surface area contributed by atoms with Crippen molar-refractivity contribution in [1.82, 2.24) is 24.3 Å². The second-order valence-corrected chi connectivity index (χ2v) is 11.4. The monoisotopic (exact) mass is 593 g/mol. The number of halogens is 3. The zero-order valence-corrected chi connectivity index (χ0v) is 24.3. The Labute approximate surface area is 247 Å². The lowest BCUT2D eigenvalue weighted by Gasteiger charge is -2.22. The van der Waals surface area contributed by atoms with E-state index in [1.807, 2.05) is 30.8 Å². The first-order chi connectivity index (χ1) is 20.5. The second kappa shape index (κ2) is 11.5. The number of nitrogens with one attached hydrogen (secondary N) is 2. The quantitative estimate of drug-likeness (QED) is 0.258. The molecular formula is C31H34F3N7O2. The molecule has 2 N–H and O–H groups in total. The first-order valence-electron chi connectivity index (χ1n) is 14.3. The van der Waals surface area contributed by atoms with Crippen molar-refractivity contribution in [2.24, 2.45) is 0 Å². The molecule has 12 heteroatoms. The van der Waals surface area contributed by atoms with Gasteiger partial charge in [0.25, 0.3) is 0 Å². The van der Waals surface area contributed by atoms with Crippen LogP contribution in [0.25, 0.3) is 11.0 Å². The van der Waals surface area contributed by atoms with Gasteiger partial charge in [0.05, 0.1) is 16.6 Å². The topological polar surface area (TPSA) is 87.5 Å². The van der Waals surface area contributed by atoms with Crippen LogP contribution < -0.4 is 15.4 Å². The number of benzene rings is 2. The molecular weight excluding hydrogens is 559 g/mol. The smallest absolute Gasteiger partial charge is 0.416 e. The maximum absolute atomic E-state index is 14.2. The van der Waals surface area contributed by atoms with Crippen LogP contribution in [0.4, 0.5) is 30.6 Å². The van der Waals surface area contributed by atoms with Gasteiger partial charge >= 0.3 is 6.18 Å². The SMILES string of the molecule is CC(=O)Nc1cc(Oc2ccc3nc(Nc4ccc(CN5CCC(N(C)C)C5)c(C(F)(F)F)c4)n4c3c2CCC4)ccn1. The molecule has 1 fully saturated rings. The third kappa shape index (κ3) is 6.16. The van der Waals surface area contributed by atoms with Crippen LogP contribution in [-0.4, -0.2) is 63.5 Å². The number of likely N-dealkylation sites (N-methyl/N-ethyl adjacent to an activating group) is 1. The minimum Gasteiger partial charge on any atom is -0.457 e. The summed E-state index contributed by atoms with van der Waals surface area (Å²) in [6.07, 6.45) is -0.398. The van der Waals surface area contributed by atoms with E-state index in [9.17, 15) is 18.0 Å². The van der Waals surface area contributed by atoms with E-state index in [-0.39, 0.29) is 18.0 Å². The van der Waals surface area contributed by atoms with Gasteiger partial charge in [0, 0.05) is 62.7 Å². The van der Waals surface area contributed by atoms with Crippen LogP contribution >= 0.6 is 0 Å². The normalized spacial score (nSPS) is 17.0. The van der Waals surface area contributed by atoms with Gasteiger partial charge in [-0.15, -0.1) is 0 Å². The van der Waals surface area contributed by atoms with E-state index >= 15 is 0 Å². The number of anilines is 3. The van der Waals surface area contributed by atoms with Crippen LogP contribution in [0.2, 0.25) is 0 Å². The number of ether oxygens (including phenoxy) is 1. The fourth-order valence-electron chi connectivity index (χ4n) is 6.00. The van der Waals surface area contributed by atoms with E-state index in [1.54, 1.807) is 30.5 Å². The Hall–Kier alpha value is -4.16. The maximum Gasteiger partial charge on any atom is 0.416 e. The maximum atomic E-state index is 14.2. The molecule has 4 aromatic rings. The van der Waals surface area contributed by atoms with Gasteiger partial charge in [-0.1, -0.05) is 6.07 Å². The molecule has 2 aliphatic rings. The fraction of sp³-hybridized carbons (Fsp3) is 0.387. The van der Waals surface area contributed by atoms with Crippen LogP contribution in [0.15, 0.2) is 48.7 Å².